The highest BCUT2D eigenvalue weighted by atomic mass is 32.2. The van der Waals surface area contributed by atoms with Crippen LogP contribution in [0.5, 0.6) is 0 Å². The van der Waals surface area contributed by atoms with Crippen LogP contribution in [0.2, 0.25) is 0 Å². The zero-order chi connectivity index (χ0) is 12.1. The van der Waals surface area contributed by atoms with Gasteiger partial charge in [0.15, 0.2) is 9.84 Å². The van der Waals surface area contributed by atoms with Crippen LogP contribution in [0.25, 0.3) is 0 Å². The summed E-state index contributed by atoms with van der Waals surface area (Å²) in [5.41, 5.74) is 0. The summed E-state index contributed by atoms with van der Waals surface area (Å²) in [5.74, 6) is -1.92. The monoisotopic (exact) mass is 236 g/mol. The minimum atomic E-state index is -3.23. The molecule has 0 aromatic rings. The van der Waals surface area contributed by atoms with Gasteiger partial charge >= 0.3 is 5.97 Å². The van der Waals surface area contributed by atoms with Gasteiger partial charge in [-0.2, -0.15) is 0 Å². The van der Waals surface area contributed by atoms with Gasteiger partial charge in [-0.3, -0.25) is 4.79 Å². The molecule has 0 bridgehead atoms. The molecule has 0 radical (unpaired) electrons. The van der Waals surface area contributed by atoms with Gasteiger partial charge in [0.1, 0.15) is 0 Å². The molecule has 0 saturated heterocycles. The first-order valence-electron chi connectivity index (χ1n) is 5.21. The van der Waals surface area contributed by atoms with Crippen molar-refractivity contribution >= 4 is 15.8 Å². The van der Waals surface area contributed by atoms with E-state index >= 15 is 0 Å². The van der Waals surface area contributed by atoms with Crippen molar-refractivity contribution in [1.82, 2.24) is 0 Å². The molecule has 0 aromatic carbocycles. The summed E-state index contributed by atoms with van der Waals surface area (Å²) in [6, 6.07) is 0. The molecular formula is C10H20O4S. The van der Waals surface area contributed by atoms with E-state index in [1.807, 2.05) is 13.8 Å². The molecule has 90 valence electrons. The van der Waals surface area contributed by atoms with E-state index < -0.39 is 21.7 Å². The predicted octanol–water partition coefficient (Wildman–Crippen LogP) is 1.56. The Hall–Kier alpha value is -0.580. The number of aliphatic carboxylic acids is 1. The first kappa shape index (κ1) is 14.4. The lowest BCUT2D eigenvalue weighted by Gasteiger charge is -2.12. The Bertz CT molecular complexity index is 295. The molecular weight excluding hydrogens is 216 g/mol. The number of hydrogen-bond donors (Lipinski definition) is 1. The van der Waals surface area contributed by atoms with E-state index in [2.05, 4.69) is 0 Å². The molecule has 0 aliphatic rings. The van der Waals surface area contributed by atoms with Crippen LogP contribution in [0.15, 0.2) is 0 Å². The lowest BCUT2D eigenvalue weighted by atomic mass is 10.1. The number of hydrogen-bond acceptors (Lipinski definition) is 3. The highest BCUT2D eigenvalue weighted by molar-refractivity contribution is 7.91. The molecule has 0 heterocycles. The number of rotatable bonds is 7. The van der Waals surface area contributed by atoms with Crippen LogP contribution in [0.3, 0.4) is 0 Å². The maximum atomic E-state index is 11.6. The van der Waals surface area contributed by atoms with E-state index in [1.54, 1.807) is 0 Å². The lowest BCUT2D eigenvalue weighted by molar-refractivity contribution is -0.140. The molecule has 0 saturated carbocycles. The van der Waals surface area contributed by atoms with Crippen molar-refractivity contribution in [2.75, 3.05) is 11.5 Å². The third kappa shape index (κ3) is 6.49. The third-order valence-electron chi connectivity index (χ3n) is 2.25. The second-order valence-electron chi connectivity index (χ2n) is 4.21. The average Bonchev–Trinajstić information content (AvgIpc) is 2.01. The summed E-state index contributed by atoms with van der Waals surface area (Å²) in [6.07, 6.45) is 1.81. The van der Waals surface area contributed by atoms with E-state index in [4.69, 9.17) is 5.11 Å². The van der Waals surface area contributed by atoms with Crippen molar-refractivity contribution in [3.8, 4) is 0 Å². The fourth-order valence-corrected chi connectivity index (χ4v) is 3.60. The van der Waals surface area contributed by atoms with Crippen molar-refractivity contribution in [2.45, 2.75) is 33.6 Å². The SMILES string of the molecule is CCCC(C)CS(=O)(=O)CC(C)C(=O)O. The van der Waals surface area contributed by atoms with Crippen molar-refractivity contribution in [3.05, 3.63) is 0 Å². The van der Waals surface area contributed by atoms with Crippen LogP contribution < -0.4 is 0 Å². The van der Waals surface area contributed by atoms with E-state index in [-0.39, 0.29) is 17.4 Å². The van der Waals surface area contributed by atoms with Gasteiger partial charge in [0, 0.05) is 0 Å². The molecule has 0 fully saturated rings. The van der Waals surface area contributed by atoms with Gasteiger partial charge in [-0.1, -0.05) is 33.6 Å². The first-order valence-corrected chi connectivity index (χ1v) is 7.04. The van der Waals surface area contributed by atoms with Crippen LogP contribution in [0.1, 0.15) is 33.6 Å². The van der Waals surface area contributed by atoms with Crippen LogP contribution in [-0.4, -0.2) is 31.0 Å². The highest BCUT2D eigenvalue weighted by Gasteiger charge is 2.22. The van der Waals surface area contributed by atoms with E-state index in [1.165, 1.54) is 6.92 Å². The first-order chi connectivity index (χ1) is 6.78. The molecule has 0 spiro atoms. The van der Waals surface area contributed by atoms with Crippen molar-refractivity contribution in [1.29, 1.82) is 0 Å². The summed E-state index contributed by atoms with van der Waals surface area (Å²) >= 11 is 0. The molecule has 0 aliphatic carbocycles. The normalized spacial score (nSPS) is 15.9. The second-order valence-corrected chi connectivity index (χ2v) is 6.36. The number of carboxylic acids is 1. The summed E-state index contributed by atoms with van der Waals surface area (Å²) < 4.78 is 23.1. The lowest BCUT2D eigenvalue weighted by Crippen LogP contribution is -2.25. The maximum absolute atomic E-state index is 11.6. The Labute approximate surface area is 91.6 Å². The van der Waals surface area contributed by atoms with Gasteiger partial charge in [-0.25, -0.2) is 8.42 Å². The fourth-order valence-electron chi connectivity index (χ4n) is 1.53. The molecule has 2 unspecified atom stereocenters. The van der Waals surface area contributed by atoms with Crippen molar-refractivity contribution < 1.29 is 18.3 Å². The molecule has 2 atom stereocenters. The summed E-state index contributed by atoms with van der Waals surface area (Å²) in [5, 5.41) is 8.62. The molecule has 4 nitrogen and oxygen atoms in total. The Balaban J connectivity index is 4.25. The zero-order valence-corrected chi connectivity index (χ0v) is 10.4. The minimum absolute atomic E-state index is 0.0957. The van der Waals surface area contributed by atoms with E-state index in [9.17, 15) is 13.2 Å². The third-order valence-corrected chi connectivity index (χ3v) is 4.33. The number of sulfone groups is 1. The fraction of sp³-hybridized carbons (Fsp3) is 0.900. The van der Waals surface area contributed by atoms with Gasteiger partial charge in [0.25, 0.3) is 0 Å². The van der Waals surface area contributed by atoms with Crippen LogP contribution >= 0.6 is 0 Å². The highest BCUT2D eigenvalue weighted by Crippen LogP contribution is 2.11. The topological polar surface area (TPSA) is 71.4 Å². The van der Waals surface area contributed by atoms with Gasteiger partial charge in [0.2, 0.25) is 0 Å². The molecule has 5 heteroatoms. The Morgan fingerprint density at radius 2 is 1.80 bits per heavy atom. The van der Waals surface area contributed by atoms with E-state index in [0.29, 0.717) is 0 Å². The quantitative estimate of drug-likeness (QED) is 0.728. The molecule has 0 aliphatic heterocycles. The Morgan fingerprint density at radius 3 is 2.20 bits per heavy atom. The standard InChI is InChI=1S/C10H20O4S/c1-4-5-8(2)6-15(13,14)7-9(3)10(11)12/h8-9H,4-7H2,1-3H3,(H,11,12). The molecule has 0 amide bonds. The van der Waals surface area contributed by atoms with Crippen molar-refractivity contribution in [2.24, 2.45) is 11.8 Å². The van der Waals surface area contributed by atoms with Gasteiger partial charge in [0.05, 0.1) is 17.4 Å². The summed E-state index contributed by atoms with van der Waals surface area (Å²) in [4.78, 5) is 10.5. The smallest absolute Gasteiger partial charge is 0.307 e. The van der Waals surface area contributed by atoms with Crippen LogP contribution in [-0.2, 0) is 14.6 Å². The summed E-state index contributed by atoms with van der Waals surface area (Å²) in [6.45, 7) is 5.31. The van der Waals surface area contributed by atoms with Crippen LogP contribution in [0.4, 0.5) is 0 Å². The van der Waals surface area contributed by atoms with Gasteiger partial charge in [-0.15, -0.1) is 0 Å². The van der Waals surface area contributed by atoms with Crippen molar-refractivity contribution in [3.63, 3.8) is 0 Å². The zero-order valence-electron chi connectivity index (χ0n) is 9.56. The maximum Gasteiger partial charge on any atom is 0.307 e. The van der Waals surface area contributed by atoms with Gasteiger partial charge < -0.3 is 5.11 Å². The molecule has 1 N–H and O–H groups in total. The number of carbonyl (C=O) groups is 1. The molecule has 0 rings (SSSR count). The molecule has 0 aromatic heterocycles. The summed E-state index contributed by atoms with van der Waals surface area (Å²) in [7, 11) is -3.23. The van der Waals surface area contributed by atoms with E-state index in [0.717, 1.165) is 12.8 Å². The predicted molar refractivity (Wildman–Crippen MR) is 59.5 cm³/mol. The second kappa shape index (κ2) is 6.10. The Kier molecular flexibility index (Phi) is 5.87. The van der Waals surface area contributed by atoms with Gasteiger partial charge in [-0.05, 0) is 5.92 Å². The minimum Gasteiger partial charge on any atom is -0.481 e. The average molecular weight is 236 g/mol. The van der Waals surface area contributed by atoms with Crippen LogP contribution in [0, 0.1) is 11.8 Å². The molecule has 15 heavy (non-hydrogen) atoms. The number of carboxylic acid groups (broad SMARTS) is 1. The Morgan fingerprint density at radius 1 is 1.27 bits per heavy atom. The largest absolute Gasteiger partial charge is 0.481 e.